The van der Waals surface area contributed by atoms with Crippen molar-refractivity contribution in [2.24, 2.45) is 0 Å². The predicted octanol–water partition coefficient (Wildman–Crippen LogP) is 3.19. The molecule has 1 unspecified atom stereocenters. The van der Waals surface area contributed by atoms with Gasteiger partial charge in [0.1, 0.15) is 6.26 Å². The first-order valence-corrected chi connectivity index (χ1v) is 6.55. The molecule has 2 heterocycles. The zero-order valence-corrected chi connectivity index (χ0v) is 11.7. The summed E-state index contributed by atoms with van der Waals surface area (Å²) < 4.78 is 4.94. The van der Waals surface area contributed by atoms with Crippen LogP contribution in [0, 0.1) is 13.8 Å². The Hall–Kier alpha value is -1.62. The Morgan fingerprint density at radius 2 is 2.22 bits per heavy atom. The van der Waals surface area contributed by atoms with Crippen LogP contribution in [0.4, 0.5) is 0 Å². The molecule has 0 radical (unpaired) electrons. The van der Waals surface area contributed by atoms with Gasteiger partial charge in [0.2, 0.25) is 0 Å². The number of nitrogens with zero attached hydrogens (tertiary/aromatic N) is 2. The van der Waals surface area contributed by atoms with Gasteiger partial charge < -0.3 is 9.32 Å². The second kappa shape index (κ2) is 4.94. The minimum absolute atomic E-state index is 0.0441. The normalized spacial score (nSPS) is 12.4. The molecule has 2 rings (SSSR count). The second-order valence-electron chi connectivity index (χ2n) is 4.28. The lowest BCUT2D eigenvalue weighted by molar-refractivity contribution is 0.0739. The SMILES string of the molecule is Cc1nc(C(C)N(C)C(=O)c2ccoc2)c(C)s1. The lowest BCUT2D eigenvalue weighted by atomic mass is 10.1. The number of hydrogen-bond donors (Lipinski definition) is 0. The van der Waals surface area contributed by atoms with Crippen LogP contribution < -0.4 is 0 Å². The van der Waals surface area contributed by atoms with Gasteiger partial charge in [-0.15, -0.1) is 11.3 Å². The van der Waals surface area contributed by atoms with Gasteiger partial charge in [0.15, 0.2) is 0 Å². The molecule has 0 aliphatic carbocycles. The largest absolute Gasteiger partial charge is 0.472 e. The van der Waals surface area contributed by atoms with Crippen molar-refractivity contribution in [3.63, 3.8) is 0 Å². The van der Waals surface area contributed by atoms with Crippen molar-refractivity contribution in [3.8, 4) is 0 Å². The molecule has 2 aromatic rings. The van der Waals surface area contributed by atoms with E-state index in [1.165, 1.54) is 12.5 Å². The molecule has 1 atom stereocenters. The van der Waals surface area contributed by atoms with E-state index in [0.29, 0.717) is 5.56 Å². The van der Waals surface area contributed by atoms with Crippen molar-refractivity contribution in [1.29, 1.82) is 0 Å². The van der Waals surface area contributed by atoms with Crippen LogP contribution in [-0.4, -0.2) is 22.8 Å². The molecular weight excluding hydrogens is 248 g/mol. The Balaban J connectivity index is 2.21. The van der Waals surface area contributed by atoms with E-state index in [9.17, 15) is 4.79 Å². The van der Waals surface area contributed by atoms with E-state index in [4.69, 9.17) is 4.42 Å². The summed E-state index contributed by atoms with van der Waals surface area (Å²) in [7, 11) is 1.79. The fourth-order valence-electron chi connectivity index (χ4n) is 1.88. The first kappa shape index (κ1) is 12.8. The Labute approximate surface area is 110 Å². The Kier molecular flexibility index (Phi) is 3.52. The minimum Gasteiger partial charge on any atom is -0.472 e. The Morgan fingerprint density at radius 3 is 2.72 bits per heavy atom. The Morgan fingerprint density at radius 1 is 1.50 bits per heavy atom. The van der Waals surface area contributed by atoms with E-state index in [-0.39, 0.29) is 11.9 Å². The number of thiazole rings is 1. The molecule has 0 N–H and O–H groups in total. The van der Waals surface area contributed by atoms with E-state index in [1.54, 1.807) is 29.4 Å². The first-order valence-electron chi connectivity index (χ1n) is 5.74. The number of hydrogen-bond acceptors (Lipinski definition) is 4. The summed E-state index contributed by atoms with van der Waals surface area (Å²) in [6, 6.07) is 1.63. The fourth-order valence-corrected chi connectivity index (χ4v) is 2.79. The van der Waals surface area contributed by atoms with Crippen LogP contribution in [0.2, 0.25) is 0 Å². The second-order valence-corrected chi connectivity index (χ2v) is 5.69. The molecular formula is C13H16N2O2S. The van der Waals surface area contributed by atoms with E-state index in [0.717, 1.165) is 15.6 Å². The molecule has 0 aliphatic heterocycles. The fraction of sp³-hybridized carbons (Fsp3) is 0.385. The summed E-state index contributed by atoms with van der Waals surface area (Å²) in [4.78, 5) is 19.5. The number of carbonyl (C=O) groups excluding carboxylic acids is 1. The highest BCUT2D eigenvalue weighted by Gasteiger charge is 2.23. The summed E-state index contributed by atoms with van der Waals surface area (Å²) >= 11 is 1.66. The van der Waals surface area contributed by atoms with Gasteiger partial charge in [-0.05, 0) is 26.8 Å². The Bertz CT molecular complexity index is 545. The smallest absolute Gasteiger partial charge is 0.257 e. The molecule has 2 aromatic heterocycles. The summed E-state index contributed by atoms with van der Waals surface area (Å²) in [5, 5.41) is 1.03. The van der Waals surface area contributed by atoms with E-state index < -0.39 is 0 Å². The molecule has 4 nitrogen and oxygen atoms in total. The molecule has 0 aromatic carbocycles. The van der Waals surface area contributed by atoms with Gasteiger partial charge in [-0.25, -0.2) is 4.98 Å². The minimum atomic E-state index is -0.0543. The topological polar surface area (TPSA) is 46.3 Å². The standard InChI is InChI=1S/C13H16N2O2S/c1-8(12-9(2)18-10(3)14-12)15(4)13(16)11-5-6-17-7-11/h5-8H,1-4H3. The highest BCUT2D eigenvalue weighted by molar-refractivity contribution is 7.11. The van der Waals surface area contributed by atoms with Crippen LogP contribution in [0.1, 0.15) is 38.9 Å². The molecule has 0 fully saturated rings. The first-order chi connectivity index (χ1) is 8.50. The lowest BCUT2D eigenvalue weighted by Gasteiger charge is -2.23. The zero-order valence-electron chi connectivity index (χ0n) is 10.9. The van der Waals surface area contributed by atoms with Crippen LogP contribution in [0.5, 0.6) is 0 Å². The highest BCUT2D eigenvalue weighted by atomic mass is 32.1. The van der Waals surface area contributed by atoms with Gasteiger partial charge in [0.05, 0.1) is 28.6 Å². The van der Waals surface area contributed by atoms with Crippen LogP contribution in [0.25, 0.3) is 0 Å². The molecule has 0 bridgehead atoms. The van der Waals surface area contributed by atoms with Crippen LogP contribution in [0.3, 0.4) is 0 Å². The van der Waals surface area contributed by atoms with Crippen molar-refractivity contribution in [2.75, 3.05) is 7.05 Å². The van der Waals surface area contributed by atoms with Gasteiger partial charge in [-0.1, -0.05) is 0 Å². The predicted molar refractivity (Wildman–Crippen MR) is 70.8 cm³/mol. The molecule has 0 aliphatic rings. The average molecular weight is 264 g/mol. The highest BCUT2D eigenvalue weighted by Crippen LogP contribution is 2.26. The summed E-state index contributed by atoms with van der Waals surface area (Å²) in [5.74, 6) is -0.0543. The molecule has 1 amide bonds. The van der Waals surface area contributed by atoms with E-state index >= 15 is 0 Å². The number of amides is 1. The van der Waals surface area contributed by atoms with Gasteiger partial charge >= 0.3 is 0 Å². The number of aromatic nitrogens is 1. The molecule has 0 spiro atoms. The van der Waals surface area contributed by atoms with Crippen molar-refractivity contribution < 1.29 is 9.21 Å². The third-order valence-corrected chi connectivity index (χ3v) is 3.91. The maximum absolute atomic E-state index is 12.2. The summed E-state index contributed by atoms with van der Waals surface area (Å²) in [6.45, 7) is 6.00. The maximum atomic E-state index is 12.2. The maximum Gasteiger partial charge on any atom is 0.257 e. The van der Waals surface area contributed by atoms with Crippen molar-refractivity contribution in [3.05, 3.63) is 39.7 Å². The van der Waals surface area contributed by atoms with E-state index in [2.05, 4.69) is 4.98 Å². The van der Waals surface area contributed by atoms with Crippen LogP contribution in [-0.2, 0) is 0 Å². The van der Waals surface area contributed by atoms with Crippen LogP contribution in [0.15, 0.2) is 23.0 Å². The molecule has 96 valence electrons. The van der Waals surface area contributed by atoms with E-state index in [1.807, 2.05) is 20.8 Å². The number of furan rings is 1. The van der Waals surface area contributed by atoms with Crippen molar-refractivity contribution in [2.45, 2.75) is 26.8 Å². The molecule has 18 heavy (non-hydrogen) atoms. The average Bonchev–Trinajstić information content (AvgIpc) is 2.96. The zero-order chi connectivity index (χ0) is 13.3. The molecule has 5 heteroatoms. The lowest BCUT2D eigenvalue weighted by Crippen LogP contribution is -2.29. The van der Waals surface area contributed by atoms with Crippen LogP contribution >= 0.6 is 11.3 Å². The molecule has 0 saturated carbocycles. The quantitative estimate of drug-likeness (QED) is 0.855. The van der Waals surface area contributed by atoms with Gasteiger partial charge in [-0.2, -0.15) is 0 Å². The number of rotatable bonds is 3. The number of carbonyl (C=O) groups is 1. The molecule has 0 saturated heterocycles. The monoisotopic (exact) mass is 264 g/mol. The van der Waals surface area contributed by atoms with Crippen molar-refractivity contribution >= 4 is 17.2 Å². The number of aryl methyl sites for hydroxylation is 2. The third-order valence-electron chi connectivity index (χ3n) is 3.00. The van der Waals surface area contributed by atoms with Crippen molar-refractivity contribution in [1.82, 2.24) is 9.88 Å². The van der Waals surface area contributed by atoms with Gasteiger partial charge in [-0.3, -0.25) is 4.79 Å². The summed E-state index contributed by atoms with van der Waals surface area (Å²) in [6.07, 6.45) is 2.97. The summed E-state index contributed by atoms with van der Waals surface area (Å²) in [5.41, 5.74) is 1.53. The van der Waals surface area contributed by atoms with Gasteiger partial charge in [0.25, 0.3) is 5.91 Å². The van der Waals surface area contributed by atoms with Gasteiger partial charge in [0, 0.05) is 11.9 Å². The third kappa shape index (κ3) is 2.31.